The Hall–Kier alpha value is -3.02. The lowest BCUT2D eigenvalue weighted by Gasteiger charge is -2.38. The van der Waals surface area contributed by atoms with E-state index in [2.05, 4.69) is 0 Å². The zero-order chi connectivity index (χ0) is 19.9. The first-order valence-corrected chi connectivity index (χ1v) is 9.38. The third-order valence-electron chi connectivity index (χ3n) is 5.58. The van der Waals surface area contributed by atoms with E-state index in [1.807, 2.05) is 56.3 Å². The summed E-state index contributed by atoms with van der Waals surface area (Å²) in [4.78, 5) is 26.9. The number of carboxylic acid groups (broad SMARTS) is 1. The van der Waals surface area contributed by atoms with Crippen molar-refractivity contribution in [2.75, 3.05) is 19.8 Å². The lowest BCUT2D eigenvalue weighted by molar-refractivity contribution is -0.143. The highest BCUT2D eigenvalue weighted by Crippen LogP contribution is 2.37. The summed E-state index contributed by atoms with van der Waals surface area (Å²) in [5, 5.41) is 9.67. The minimum Gasteiger partial charge on any atom is -0.486 e. The molecular formula is C22H23NO5. The van der Waals surface area contributed by atoms with E-state index < -0.39 is 17.3 Å². The van der Waals surface area contributed by atoms with E-state index in [1.54, 1.807) is 4.90 Å². The van der Waals surface area contributed by atoms with E-state index in [0.29, 0.717) is 31.3 Å². The number of hydrogen-bond donors (Lipinski definition) is 1. The van der Waals surface area contributed by atoms with Crippen molar-refractivity contribution >= 4 is 11.9 Å². The van der Waals surface area contributed by atoms with Crippen molar-refractivity contribution in [2.24, 2.45) is 0 Å². The van der Waals surface area contributed by atoms with Crippen molar-refractivity contribution < 1.29 is 24.2 Å². The minimum atomic E-state index is -0.915. The number of carbonyl (C=O) groups is 2. The first-order valence-electron chi connectivity index (χ1n) is 9.38. The molecule has 0 bridgehead atoms. The van der Waals surface area contributed by atoms with E-state index in [1.165, 1.54) is 0 Å². The van der Waals surface area contributed by atoms with Gasteiger partial charge in [-0.05, 0) is 42.7 Å². The quantitative estimate of drug-likeness (QED) is 0.885. The fourth-order valence-corrected chi connectivity index (χ4v) is 3.92. The number of rotatable bonds is 3. The molecule has 146 valence electrons. The van der Waals surface area contributed by atoms with Crippen LogP contribution in [0.1, 0.15) is 36.5 Å². The predicted molar refractivity (Wildman–Crippen MR) is 103 cm³/mol. The van der Waals surface area contributed by atoms with Gasteiger partial charge in [-0.15, -0.1) is 0 Å². The Morgan fingerprint density at radius 1 is 1.07 bits per heavy atom. The first-order chi connectivity index (χ1) is 13.4. The molecule has 0 fully saturated rings. The highest BCUT2D eigenvalue weighted by molar-refractivity contribution is 5.89. The predicted octanol–water partition coefficient (Wildman–Crippen LogP) is 2.95. The molecule has 2 aromatic carbocycles. The van der Waals surface area contributed by atoms with Gasteiger partial charge in [0.2, 0.25) is 5.91 Å². The molecule has 1 N–H and O–H groups in total. The first kappa shape index (κ1) is 18.3. The third-order valence-corrected chi connectivity index (χ3v) is 5.58. The average molecular weight is 381 g/mol. The molecule has 0 aromatic heterocycles. The van der Waals surface area contributed by atoms with Crippen LogP contribution >= 0.6 is 0 Å². The molecule has 2 aliphatic heterocycles. The van der Waals surface area contributed by atoms with Gasteiger partial charge in [0, 0.05) is 13.1 Å². The van der Waals surface area contributed by atoms with E-state index in [4.69, 9.17) is 9.47 Å². The van der Waals surface area contributed by atoms with Crippen LogP contribution in [-0.2, 0) is 21.5 Å². The average Bonchev–Trinajstić information content (AvgIpc) is 2.71. The van der Waals surface area contributed by atoms with Gasteiger partial charge in [-0.3, -0.25) is 9.59 Å². The molecule has 0 radical (unpaired) electrons. The Balaban J connectivity index is 1.64. The molecule has 0 aliphatic carbocycles. The molecular weight excluding hydrogens is 358 g/mol. The molecule has 1 amide bonds. The monoisotopic (exact) mass is 381 g/mol. The summed E-state index contributed by atoms with van der Waals surface area (Å²) >= 11 is 0. The molecule has 28 heavy (non-hydrogen) atoms. The van der Waals surface area contributed by atoms with Crippen molar-refractivity contribution in [2.45, 2.75) is 31.7 Å². The lowest BCUT2D eigenvalue weighted by atomic mass is 9.81. The van der Waals surface area contributed by atoms with Crippen LogP contribution in [0.25, 0.3) is 0 Å². The van der Waals surface area contributed by atoms with Gasteiger partial charge in [0.05, 0.1) is 11.3 Å². The van der Waals surface area contributed by atoms with Gasteiger partial charge in [-0.25, -0.2) is 0 Å². The molecule has 2 aliphatic rings. The maximum atomic E-state index is 13.4. The van der Waals surface area contributed by atoms with Gasteiger partial charge in [-0.1, -0.05) is 30.3 Å². The summed E-state index contributed by atoms with van der Waals surface area (Å²) in [5.41, 5.74) is 1.65. The standard InChI is InChI=1S/C22H23NO5/c1-22(2,15-7-8-18-19(11-15)28-10-9-27-18)21(26)23-12-14-5-3-4-6-16(14)17(13-23)20(24)25/h3-8,11,17H,9-10,12-13H2,1-2H3,(H,24,25). The molecule has 0 saturated heterocycles. The van der Waals surface area contributed by atoms with E-state index in [0.717, 1.165) is 16.7 Å². The maximum Gasteiger partial charge on any atom is 0.312 e. The van der Waals surface area contributed by atoms with Gasteiger partial charge in [0.15, 0.2) is 11.5 Å². The summed E-state index contributed by atoms with van der Waals surface area (Å²) in [6.45, 7) is 5.28. The molecule has 2 aromatic rings. The smallest absolute Gasteiger partial charge is 0.312 e. The largest absolute Gasteiger partial charge is 0.486 e. The highest BCUT2D eigenvalue weighted by Gasteiger charge is 2.39. The second kappa shape index (κ2) is 6.86. The number of amides is 1. The van der Waals surface area contributed by atoms with E-state index >= 15 is 0 Å². The summed E-state index contributed by atoms with van der Waals surface area (Å²) in [6.07, 6.45) is 0. The van der Waals surface area contributed by atoms with Crippen molar-refractivity contribution in [3.05, 3.63) is 59.2 Å². The molecule has 4 rings (SSSR count). The molecule has 2 heterocycles. The number of carboxylic acids is 1. The topological polar surface area (TPSA) is 76.1 Å². The zero-order valence-corrected chi connectivity index (χ0v) is 16.0. The Morgan fingerprint density at radius 3 is 2.54 bits per heavy atom. The summed E-state index contributed by atoms with van der Waals surface area (Å²) in [6, 6.07) is 13.0. The Kier molecular flexibility index (Phi) is 4.49. The fraction of sp³-hybridized carbons (Fsp3) is 0.364. The molecule has 6 nitrogen and oxygen atoms in total. The molecule has 6 heteroatoms. The minimum absolute atomic E-state index is 0.107. The summed E-state index contributed by atoms with van der Waals surface area (Å²) in [5.74, 6) is -0.426. The fourth-order valence-electron chi connectivity index (χ4n) is 3.92. The van der Waals surface area contributed by atoms with Crippen LogP contribution in [0.5, 0.6) is 11.5 Å². The van der Waals surface area contributed by atoms with Crippen LogP contribution < -0.4 is 9.47 Å². The number of ether oxygens (including phenoxy) is 2. The maximum absolute atomic E-state index is 13.4. The van der Waals surface area contributed by atoms with Gasteiger partial charge in [0.1, 0.15) is 13.2 Å². The van der Waals surface area contributed by atoms with E-state index in [-0.39, 0.29) is 12.5 Å². The number of hydrogen-bond acceptors (Lipinski definition) is 4. The second-order valence-electron chi connectivity index (χ2n) is 7.76. The molecule has 1 atom stereocenters. The van der Waals surface area contributed by atoms with Crippen LogP contribution in [0, 0.1) is 0 Å². The van der Waals surface area contributed by atoms with Gasteiger partial charge in [0.25, 0.3) is 0 Å². The van der Waals surface area contributed by atoms with Crippen molar-refractivity contribution in [3.63, 3.8) is 0 Å². The van der Waals surface area contributed by atoms with Crippen LogP contribution in [0.3, 0.4) is 0 Å². The Labute approximate surface area is 163 Å². The highest BCUT2D eigenvalue weighted by atomic mass is 16.6. The number of aliphatic carboxylic acids is 1. The van der Waals surface area contributed by atoms with Crippen molar-refractivity contribution in [1.29, 1.82) is 0 Å². The van der Waals surface area contributed by atoms with Gasteiger partial charge >= 0.3 is 5.97 Å². The Bertz CT molecular complexity index is 936. The molecule has 0 spiro atoms. The second-order valence-corrected chi connectivity index (χ2v) is 7.76. The number of fused-ring (bicyclic) bond motifs is 2. The SMILES string of the molecule is CC(C)(C(=O)N1Cc2ccccc2C(C(=O)O)C1)c1ccc2c(c1)OCCO2. The summed E-state index contributed by atoms with van der Waals surface area (Å²) in [7, 11) is 0. The molecule has 1 unspecified atom stereocenters. The van der Waals surface area contributed by atoms with Crippen molar-refractivity contribution in [3.8, 4) is 11.5 Å². The number of carbonyl (C=O) groups excluding carboxylic acids is 1. The number of benzene rings is 2. The normalized spacial score (nSPS) is 18.4. The lowest BCUT2D eigenvalue weighted by Crippen LogP contribution is -2.47. The van der Waals surface area contributed by atoms with Crippen LogP contribution in [0.15, 0.2) is 42.5 Å². The van der Waals surface area contributed by atoms with Crippen LogP contribution in [-0.4, -0.2) is 41.6 Å². The van der Waals surface area contributed by atoms with E-state index in [9.17, 15) is 14.7 Å². The molecule has 0 saturated carbocycles. The van der Waals surface area contributed by atoms with Gasteiger partial charge < -0.3 is 19.5 Å². The zero-order valence-electron chi connectivity index (χ0n) is 16.0. The Morgan fingerprint density at radius 2 is 1.79 bits per heavy atom. The van der Waals surface area contributed by atoms with Crippen LogP contribution in [0.2, 0.25) is 0 Å². The van der Waals surface area contributed by atoms with Crippen LogP contribution in [0.4, 0.5) is 0 Å². The van der Waals surface area contributed by atoms with Crippen molar-refractivity contribution in [1.82, 2.24) is 4.90 Å². The third kappa shape index (κ3) is 3.09. The number of nitrogens with zero attached hydrogens (tertiary/aromatic N) is 1. The van der Waals surface area contributed by atoms with Gasteiger partial charge in [-0.2, -0.15) is 0 Å². The summed E-state index contributed by atoms with van der Waals surface area (Å²) < 4.78 is 11.2.